The van der Waals surface area contributed by atoms with E-state index in [2.05, 4.69) is 17.0 Å². The Bertz CT molecular complexity index is 1140. The number of nitrogens with zero attached hydrogens (tertiary/aromatic N) is 1. The largest absolute Gasteiger partial charge is 0.341 e. The summed E-state index contributed by atoms with van der Waals surface area (Å²) < 4.78 is 28.1. The fraction of sp³-hybridized carbons (Fsp3) is 0.391. The monoisotopic (exact) mass is 473 g/mol. The van der Waals surface area contributed by atoms with Gasteiger partial charge in [0.2, 0.25) is 21.8 Å². The van der Waals surface area contributed by atoms with E-state index >= 15 is 0 Å². The molecule has 0 aliphatic carbocycles. The lowest BCUT2D eigenvalue weighted by atomic mass is 9.99. The Kier molecular flexibility index (Phi) is 6.60. The van der Waals surface area contributed by atoms with Crippen molar-refractivity contribution in [2.75, 3.05) is 18.4 Å². The molecule has 0 aromatic heterocycles. The van der Waals surface area contributed by atoms with Crippen LogP contribution in [0.15, 0.2) is 52.3 Å². The Morgan fingerprint density at radius 1 is 1.19 bits per heavy atom. The van der Waals surface area contributed by atoms with E-state index in [1.54, 1.807) is 11.0 Å². The maximum absolute atomic E-state index is 12.9. The number of benzene rings is 2. The molecule has 1 saturated heterocycles. The van der Waals surface area contributed by atoms with Crippen LogP contribution in [0.25, 0.3) is 0 Å². The molecule has 2 N–H and O–H groups in total. The van der Waals surface area contributed by atoms with Gasteiger partial charge in [-0.05, 0) is 49.4 Å². The summed E-state index contributed by atoms with van der Waals surface area (Å²) in [5.74, 6) is 0.00228. The second kappa shape index (κ2) is 9.25. The van der Waals surface area contributed by atoms with Gasteiger partial charge in [-0.1, -0.05) is 36.8 Å². The molecule has 0 saturated carbocycles. The SMILES string of the molecule is Cc1cccc(CNS(=O)(=O)c2ccc3c(c2)NC(=O)[C@@H](C(=O)N2CCC(C)CC2)S3)c1. The van der Waals surface area contributed by atoms with Crippen LogP contribution < -0.4 is 10.0 Å². The normalized spacial score (nSPS) is 19.4. The number of carbonyl (C=O) groups is 2. The van der Waals surface area contributed by atoms with Crippen LogP contribution in [0, 0.1) is 12.8 Å². The van der Waals surface area contributed by atoms with E-state index in [1.807, 2.05) is 31.2 Å². The number of carbonyl (C=O) groups excluding carboxylic acids is 2. The van der Waals surface area contributed by atoms with E-state index in [0.717, 1.165) is 24.0 Å². The van der Waals surface area contributed by atoms with Crippen molar-refractivity contribution in [1.29, 1.82) is 0 Å². The Hall–Kier alpha value is -2.36. The molecular formula is C23H27N3O4S2. The smallest absolute Gasteiger partial charge is 0.247 e. The van der Waals surface area contributed by atoms with Gasteiger partial charge >= 0.3 is 0 Å². The number of rotatable bonds is 5. The highest BCUT2D eigenvalue weighted by Crippen LogP contribution is 2.38. The van der Waals surface area contributed by atoms with Crippen LogP contribution in [0.5, 0.6) is 0 Å². The molecule has 1 atom stereocenters. The predicted octanol–water partition coefficient (Wildman–Crippen LogP) is 3.14. The van der Waals surface area contributed by atoms with Crippen LogP contribution >= 0.6 is 11.8 Å². The van der Waals surface area contributed by atoms with Crippen molar-refractivity contribution < 1.29 is 18.0 Å². The average molecular weight is 474 g/mol. The lowest BCUT2D eigenvalue weighted by molar-refractivity contribution is -0.135. The summed E-state index contributed by atoms with van der Waals surface area (Å²) >= 11 is 1.18. The fourth-order valence-corrected chi connectivity index (χ4v) is 5.99. The van der Waals surface area contributed by atoms with Crippen LogP contribution in [-0.4, -0.2) is 43.5 Å². The van der Waals surface area contributed by atoms with Gasteiger partial charge in [0.25, 0.3) is 0 Å². The number of amides is 2. The van der Waals surface area contributed by atoms with Gasteiger partial charge in [0.05, 0.1) is 10.6 Å². The first-order valence-electron chi connectivity index (χ1n) is 10.7. The van der Waals surface area contributed by atoms with Gasteiger partial charge in [-0.2, -0.15) is 0 Å². The van der Waals surface area contributed by atoms with Gasteiger partial charge in [-0.3, -0.25) is 9.59 Å². The fourth-order valence-electron chi connectivity index (χ4n) is 3.90. The first-order valence-corrected chi connectivity index (χ1v) is 13.0. The van der Waals surface area contributed by atoms with Gasteiger partial charge in [0.1, 0.15) is 0 Å². The van der Waals surface area contributed by atoms with E-state index in [4.69, 9.17) is 0 Å². The third kappa shape index (κ3) is 5.00. The van der Waals surface area contributed by atoms with Gasteiger partial charge in [-0.15, -0.1) is 11.8 Å². The van der Waals surface area contributed by atoms with Gasteiger partial charge in [-0.25, -0.2) is 13.1 Å². The summed E-state index contributed by atoms with van der Waals surface area (Å²) in [4.78, 5) is 28.1. The molecule has 0 spiro atoms. The van der Waals surface area contributed by atoms with E-state index < -0.39 is 21.2 Å². The summed E-state index contributed by atoms with van der Waals surface area (Å²) in [5.41, 5.74) is 2.33. The molecule has 7 nitrogen and oxygen atoms in total. The second-order valence-corrected chi connectivity index (χ2v) is 11.4. The third-order valence-corrected chi connectivity index (χ3v) is 8.53. The Morgan fingerprint density at radius 2 is 1.94 bits per heavy atom. The Balaban J connectivity index is 1.46. The number of aryl methyl sites for hydroxylation is 1. The average Bonchev–Trinajstić information content (AvgIpc) is 2.77. The molecule has 0 bridgehead atoms. The molecule has 2 heterocycles. The minimum Gasteiger partial charge on any atom is -0.341 e. The number of nitrogens with one attached hydrogen (secondary N) is 2. The number of fused-ring (bicyclic) bond motifs is 1. The summed E-state index contributed by atoms with van der Waals surface area (Å²) in [6.07, 6.45) is 1.89. The number of hydrogen-bond donors (Lipinski definition) is 2. The lowest BCUT2D eigenvalue weighted by Gasteiger charge is -2.33. The van der Waals surface area contributed by atoms with Crippen molar-refractivity contribution in [3.05, 3.63) is 53.6 Å². The molecule has 2 amide bonds. The topological polar surface area (TPSA) is 95.6 Å². The highest BCUT2D eigenvalue weighted by molar-refractivity contribution is 8.01. The maximum atomic E-state index is 12.9. The van der Waals surface area contributed by atoms with Gasteiger partial charge in [0, 0.05) is 24.5 Å². The molecule has 170 valence electrons. The lowest BCUT2D eigenvalue weighted by Crippen LogP contribution is -2.47. The summed E-state index contributed by atoms with van der Waals surface area (Å²) in [6, 6.07) is 12.2. The van der Waals surface area contributed by atoms with Gasteiger partial charge < -0.3 is 10.2 Å². The summed E-state index contributed by atoms with van der Waals surface area (Å²) in [6.45, 7) is 5.63. The molecule has 2 aromatic carbocycles. The molecular weight excluding hydrogens is 446 g/mol. The first-order chi connectivity index (χ1) is 15.2. The van der Waals surface area contributed by atoms with E-state index in [-0.39, 0.29) is 17.3 Å². The predicted molar refractivity (Wildman–Crippen MR) is 125 cm³/mol. The quantitative estimate of drug-likeness (QED) is 0.651. The third-order valence-electron chi connectivity index (χ3n) is 5.87. The first kappa shape index (κ1) is 22.8. The van der Waals surface area contributed by atoms with Crippen LogP contribution in [0.2, 0.25) is 0 Å². The molecule has 0 radical (unpaired) electrons. The Morgan fingerprint density at radius 3 is 2.66 bits per heavy atom. The van der Waals surface area contributed by atoms with Crippen molar-refractivity contribution in [2.45, 2.75) is 48.3 Å². The zero-order chi connectivity index (χ0) is 22.9. The van der Waals surface area contributed by atoms with Gasteiger partial charge in [0.15, 0.2) is 5.25 Å². The van der Waals surface area contributed by atoms with E-state index in [9.17, 15) is 18.0 Å². The molecule has 4 rings (SSSR count). The van der Waals surface area contributed by atoms with Crippen molar-refractivity contribution in [3.8, 4) is 0 Å². The number of thioether (sulfide) groups is 1. The van der Waals surface area contributed by atoms with Crippen LogP contribution in [0.1, 0.15) is 30.9 Å². The molecule has 32 heavy (non-hydrogen) atoms. The number of anilines is 1. The van der Waals surface area contributed by atoms with Crippen molar-refractivity contribution in [2.24, 2.45) is 5.92 Å². The van der Waals surface area contributed by atoms with Crippen molar-refractivity contribution in [1.82, 2.24) is 9.62 Å². The highest BCUT2D eigenvalue weighted by Gasteiger charge is 2.37. The number of piperidine rings is 1. The van der Waals surface area contributed by atoms with Crippen molar-refractivity contribution in [3.63, 3.8) is 0 Å². The van der Waals surface area contributed by atoms with Crippen LogP contribution in [-0.2, 0) is 26.2 Å². The number of sulfonamides is 1. The molecule has 2 aliphatic heterocycles. The van der Waals surface area contributed by atoms with E-state index in [0.29, 0.717) is 29.6 Å². The van der Waals surface area contributed by atoms with Crippen molar-refractivity contribution >= 4 is 39.3 Å². The van der Waals surface area contributed by atoms with Crippen LogP contribution in [0.3, 0.4) is 0 Å². The summed E-state index contributed by atoms with van der Waals surface area (Å²) in [7, 11) is -3.76. The molecule has 2 aliphatic rings. The highest BCUT2D eigenvalue weighted by atomic mass is 32.2. The minimum absolute atomic E-state index is 0.0691. The zero-order valence-corrected chi connectivity index (χ0v) is 19.8. The molecule has 2 aromatic rings. The second-order valence-electron chi connectivity index (χ2n) is 8.47. The zero-order valence-electron chi connectivity index (χ0n) is 18.1. The summed E-state index contributed by atoms with van der Waals surface area (Å²) in [5, 5.41) is 1.88. The maximum Gasteiger partial charge on any atom is 0.247 e. The van der Waals surface area contributed by atoms with Crippen LogP contribution in [0.4, 0.5) is 5.69 Å². The molecule has 9 heteroatoms. The minimum atomic E-state index is -3.76. The number of hydrogen-bond acceptors (Lipinski definition) is 5. The Labute approximate surface area is 193 Å². The molecule has 0 unspecified atom stereocenters. The van der Waals surface area contributed by atoms with E-state index in [1.165, 1.54) is 23.9 Å². The standard InChI is InChI=1S/C23H27N3O4S2/c1-15-8-10-26(11-9-15)23(28)21-22(27)25-19-13-18(6-7-20(19)31-21)32(29,30)24-14-17-5-3-4-16(2)12-17/h3-7,12-13,15,21,24H,8-11,14H2,1-2H3,(H,25,27)/t21-/m0/s1. The number of likely N-dealkylation sites (tertiary alicyclic amines) is 1. The molecule has 1 fully saturated rings.